The molecule has 0 aliphatic rings. The van der Waals surface area contributed by atoms with Gasteiger partial charge in [-0.3, -0.25) is 0 Å². The van der Waals surface area contributed by atoms with Crippen LogP contribution in [0.25, 0.3) is 0 Å². The molecule has 1 nitrogen and oxygen atoms in total. The van der Waals surface area contributed by atoms with Crippen LogP contribution in [-0.4, -0.2) is 11.4 Å². The van der Waals surface area contributed by atoms with Gasteiger partial charge in [0.15, 0.2) is 0 Å². The van der Waals surface area contributed by atoms with Gasteiger partial charge in [0.05, 0.1) is 12.2 Å². The fourth-order valence-electron chi connectivity index (χ4n) is 2.19. The van der Waals surface area contributed by atoms with E-state index in [-0.39, 0.29) is 6.10 Å². The first-order valence-corrected chi connectivity index (χ1v) is 8.57. The van der Waals surface area contributed by atoms with Crippen LogP contribution in [-0.2, 0) is 4.74 Å². The summed E-state index contributed by atoms with van der Waals surface area (Å²) in [6.45, 7) is 6.55. The van der Waals surface area contributed by atoms with Gasteiger partial charge in [-0.1, -0.05) is 78.4 Å². The zero-order valence-corrected chi connectivity index (χ0v) is 14.1. The lowest BCUT2D eigenvalue weighted by Gasteiger charge is -2.21. The molecule has 2 atom stereocenters. The Morgan fingerprint density at radius 1 is 1.11 bits per heavy atom. The highest BCUT2D eigenvalue weighted by atomic mass is 79.9. The minimum atomic E-state index is 0.168. The van der Waals surface area contributed by atoms with Gasteiger partial charge in [0.2, 0.25) is 0 Å². The predicted molar refractivity (Wildman–Crippen MR) is 87.0 cm³/mol. The number of hydrogen-bond donors (Lipinski definition) is 0. The van der Waals surface area contributed by atoms with Crippen molar-refractivity contribution in [3.05, 3.63) is 35.4 Å². The third kappa shape index (κ3) is 6.58. The molecule has 0 bridgehead atoms. The maximum absolute atomic E-state index is 6.16. The van der Waals surface area contributed by atoms with E-state index >= 15 is 0 Å². The van der Waals surface area contributed by atoms with Crippen LogP contribution in [0, 0.1) is 6.92 Å². The lowest BCUT2D eigenvalue weighted by atomic mass is 10.1. The number of halogens is 1. The Kier molecular flexibility index (Phi) is 8.40. The Bertz CT molecular complexity index is 334. The first-order valence-electron chi connectivity index (χ1n) is 7.45. The second-order valence-corrected chi connectivity index (χ2v) is 6.00. The summed E-state index contributed by atoms with van der Waals surface area (Å²) < 4.78 is 6.16. The number of hydrogen-bond acceptors (Lipinski definition) is 1. The van der Waals surface area contributed by atoms with Crippen LogP contribution in [0.4, 0.5) is 0 Å². The van der Waals surface area contributed by atoms with Crippen molar-refractivity contribution in [2.45, 2.75) is 65.1 Å². The second-order valence-electron chi connectivity index (χ2n) is 5.35. The van der Waals surface area contributed by atoms with Gasteiger partial charge in [-0.05, 0) is 25.8 Å². The highest BCUT2D eigenvalue weighted by molar-refractivity contribution is 9.09. The topological polar surface area (TPSA) is 9.23 Å². The van der Waals surface area contributed by atoms with E-state index in [1.165, 1.54) is 36.8 Å². The quantitative estimate of drug-likeness (QED) is 0.411. The van der Waals surface area contributed by atoms with Crippen LogP contribution in [0.2, 0.25) is 0 Å². The molecule has 0 saturated heterocycles. The Morgan fingerprint density at radius 3 is 2.37 bits per heavy atom. The van der Waals surface area contributed by atoms with Crippen LogP contribution in [0.3, 0.4) is 0 Å². The number of unbranched alkanes of at least 4 members (excludes halogenated alkanes) is 3. The molecule has 0 N–H and O–H groups in total. The molecule has 1 aromatic rings. The van der Waals surface area contributed by atoms with Crippen molar-refractivity contribution in [2.24, 2.45) is 0 Å². The number of aryl methyl sites for hydroxylation is 1. The van der Waals surface area contributed by atoms with Crippen molar-refractivity contribution in [2.75, 3.05) is 5.33 Å². The van der Waals surface area contributed by atoms with Gasteiger partial charge >= 0.3 is 0 Å². The molecule has 2 unspecified atom stereocenters. The normalized spacial score (nSPS) is 14.3. The summed E-state index contributed by atoms with van der Waals surface area (Å²) >= 11 is 3.57. The van der Waals surface area contributed by atoms with Gasteiger partial charge in [-0.15, -0.1) is 0 Å². The fraction of sp³-hybridized carbons (Fsp3) is 0.647. The zero-order valence-electron chi connectivity index (χ0n) is 12.5. The Morgan fingerprint density at radius 2 is 1.79 bits per heavy atom. The van der Waals surface area contributed by atoms with E-state index in [1.807, 2.05) is 0 Å². The third-order valence-corrected chi connectivity index (χ3v) is 4.04. The highest BCUT2D eigenvalue weighted by Gasteiger charge is 2.14. The monoisotopic (exact) mass is 326 g/mol. The lowest BCUT2D eigenvalue weighted by molar-refractivity contribution is 0.00492. The predicted octanol–water partition coefficient (Wildman–Crippen LogP) is 5.81. The summed E-state index contributed by atoms with van der Waals surface area (Å²) in [5, 5.41) is 0.857. The van der Waals surface area contributed by atoms with Gasteiger partial charge in [0, 0.05) is 5.33 Å². The average molecular weight is 327 g/mol. The molecule has 1 aromatic carbocycles. The summed E-state index contributed by atoms with van der Waals surface area (Å²) in [7, 11) is 0. The van der Waals surface area contributed by atoms with Gasteiger partial charge in [0.25, 0.3) is 0 Å². The van der Waals surface area contributed by atoms with Crippen LogP contribution in [0.15, 0.2) is 24.3 Å². The number of alkyl halides is 1. The van der Waals surface area contributed by atoms with Gasteiger partial charge < -0.3 is 4.74 Å². The van der Waals surface area contributed by atoms with Crippen LogP contribution in [0.5, 0.6) is 0 Å². The van der Waals surface area contributed by atoms with Crippen LogP contribution in [0.1, 0.15) is 63.2 Å². The van der Waals surface area contributed by atoms with E-state index in [2.05, 4.69) is 61.0 Å². The first-order chi connectivity index (χ1) is 9.17. The van der Waals surface area contributed by atoms with E-state index in [0.717, 1.165) is 11.8 Å². The maximum Gasteiger partial charge on any atom is 0.0925 e. The average Bonchev–Trinajstić information content (AvgIpc) is 2.42. The first kappa shape index (κ1) is 16.7. The molecule has 0 aliphatic carbocycles. The van der Waals surface area contributed by atoms with Crippen molar-refractivity contribution < 1.29 is 4.74 Å². The van der Waals surface area contributed by atoms with E-state index < -0.39 is 0 Å². The molecule has 0 fully saturated rings. The molecule has 108 valence electrons. The fourth-order valence-corrected chi connectivity index (χ4v) is 2.72. The van der Waals surface area contributed by atoms with Crippen molar-refractivity contribution in [3.63, 3.8) is 0 Å². The standard InChI is InChI=1S/C17H27BrO/c1-4-5-6-7-8-15(3)19-17(13-18)16-11-9-14(2)10-12-16/h9-12,15,17H,4-8,13H2,1-3H3. The summed E-state index contributed by atoms with van der Waals surface area (Å²) in [5.74, 6) is 0. The molecule has 0 spiro atoms. The van der Waals surface area contributed by atoms with Crippen LogP contribution >= 0.6 is 15.9 Å². The maximum atomic E-state index is 6.16. The van der Waals surface area contributed by atoms with E-state index in [1.54, 1.807) is 0 Å². The van der Waals surface area contributed by atoms with Crippen molar-refractivity contribution in [1.29, 1.82) is 0 Å². The number of benzene rings is 1. The molecule has 1 rings (SSSR count). The summed E-state index contributed by atoms with van der Waals surface area (Å²) in [4.78, 5) is 0. The smallest absolute Gasteiger partial charge is 0.0925 e. The van der Waals surface area contributed by atoms with Gasteiger partial charge in [-0.2, -0.15) is 0 Å². The van der Waals surface area contributed by atoms with Crippen LogP contribution < -0.4 is 0 Å². The van der Waals surface area contributed by atoms with Crippen molar-refractivity contribution >= 4 is 15.9 Å². The number of ether oxygens (including phenoxy) is 1. The van der Waals surface area contributed by atoms with Crippen molar-refractivity contribution in [3.8, 4) is 0 Å². The molecule has 0 amide bonds. The molecule has 19 heavy (non-hydrogen) atoms. The third-order valence-electron chi connectivity index (χ3n) is 3.45. The zero-order chi connectivity index (χ0) is 14.1. The Balaban J connectivity index is 2.41. The summed E-state index contributed by atoms with van der Waals surface area (Å²) in [6, 6.07) is 8.65. The molecule has 0 aliphatic heterocycles. The van der Waals surface area contributed by atoms with E-state index in [4.69, 9.17) is 4.74 Å². The Labute approximate surface area is 126 Å². The molecular formula is C17H27BrO. The van der Waals surface area contributed by atoms with Crippen molar-refractivity contribution in [1.82, 2.24) is 0 Å². The number of rotatable bonds is 9. The largest absolute Gasteiger partial charge is 0.370 e. The molecule has 0 aromatic heterocycles. The van der Waals surface area contributed by atoms with E-state index in [9.17, 15) is 0 Å². The summed E-state index contributed by atoms with van der Waals surface area (Å²) in [6.07, 6.45) is 6.90. The Hall–Kier alpha value is -0.340. The van der Waals surface area contributed by atoms with E-state index in [0.29, 0.717) is 6.10 Å². The lowest BCUT2D eigenvalue weighted by Crippen LogP contribution is -2.15. The minimum Gasteiger partial charge on any atom is -0.370 e. The minimum absolute atomic E-state index is 0.168. The van der Waals surface area contributed by atoms with Gasteiger partial charge in [-0.25, -0.2) is 0 Å². The molecule has 2 heteroatoms. The molecule has 0 radical (unpaired) electrons. The highest BCUT2D eigenvalue weighted by Crippen LogP contribution is 2.23. The van der Waals surface area contributed by atoms with Gasteiger partial charge in [0.1, 0.15) is 0 Å². The SMILES string of the molecule is CCCCCCC(C)OC(CBr)c1ccc(C)cc1. The molecule has 0 saturated carbocycles. The molecular weight excluding hydrogens is 300 g/mol. The summed E-state index contributed by atoms with van der Waals surface area (Å²) in [5.41, 5.74) is 2.56. The second kappa shape index (κ2) is 9.55. The molecule has 0 heterocycles.